The van der Waals surface area contributed by atoms with Crippen molar-refractivity contribution in [3.05, 3.63) is 39.4 Å². The van der Waals surface area contributed by atoms with E-state index in [1.807, 2.05) is 0 Å². The van der Waals surface area contributed by atoms with Gasteiger partial charge in [-0.15, -0.1) is 11.6 Å². The Hall–Kier alpha value is -1.83. The lowest BCUT2D eigenvalue weighted by atomic mass is 10.1. The van der Waals surface area contributed by atoms with Crippen LogP contribution in [0.4, 0.5) is 18.9 Å². The Labute approximate surface area is 123 Å². The molecule has 0 unspecified atom stereocenters. The molecule has 21 heavy (non-hydrogen) atoms. The largest absolute Gasteiger partial charge is 0.406 e. The molecule has 116 valence electrons. The van der Waals surface area contributed by atoms with E-state index in [1.165, 1.54) is 13.0 Å². The zero-order valence-electron chi connectivity index (χ0n) is 11.0. The van der Waals surface area contributed by atoms with Crippen LogP contribution < -0.4 is 0 Å². The lowest BCUT2D eigenvalue weighted by Crippen LogP contribution is -2.40. The van der Waals surface area contributed by atoms with Gasteiger partial charge in [-0.2, -0.15) is 13.2 Å². The molecule has 1 aromatic carbocycles. The molecule has 5 nitrogen and oxygen atoms in total. The van der Waals surface area contributed by atoms with Crippen molar-refractivity contribution in [2.24, 2.45) is 0 Å². The van der Waals surface area contributed by atoms with Gasteiger partial charge in [-0.25, -0.2) is 0 Å². The van der Waals surface area contributed by atoms with Gasteiger partial charge in [0.05, 0.1) is 4.92 Å². The molecule has 0 fully saturated rings. The average Bonchev–Trinajstić information content (AvgIpc) is 2.35. The van der Waals surface area contributed by atoms with Gasteiger partial charge in [0.25, 0.3) is 11.6 Å². The second kappa shape index (κ2) is 6.75. The van der Waals surface area contributed by atoms with Gasteiger partial charge in [-0.1, -0.05) is 0 Å². The van der Waals surface area contributed by atoms with E-state index in [-0.39, 0.29) is 29.2 Å². The topological polar surface area (TPSA) is 63.5 Å². The number of hydrogen-bond donors (Lipinski definition) is 0. The van der Waals surface area contributed by atoms with E-state index in [0.29, 0.717) is 4.90 Å². The average molecular weight is 325 g/mol. The minimum atomic E-state index is -4.54. The zero-order valence-corrected chi connectivity index (χ0v) is 11.7. The van der Waals surface area contributed by atoms with Crippen LogP contribution in [-0.4, -0.2) is 40.9 Å². The highest BCUT2D eigenvalue weighted by Gasteiger charge is 2.33. The summed E-state index contributed by atoms with van der Waals surface area (Å²) in [6.45, 7) is -0.283. The Morgan fingerprint density at radius 2 is 2.05 bits per heavy atom. The maximum atomic E-state index is 12.4. The lowest BCUT2D eigenvalue weighted by molar-refractivity contribution is -0.385. The highest BCUT2D eigenvalue weighted by atomic mass is 35.5. The van der Waals surface area contributed by atoms with Crippen LogP contribution in [0.5, 0.6) is 0 Å². The Balaban J connectivity index is 3.04. The Bertz CT molecular complexity index is 549. The summed E-state index contributed by atoms with van der Waals surface area (Å²) in [6, 6.07) is 3.41. The summed E-state index contributed by atoms with van der Waals surface area (Å²) >= 11 is 5.40. The summed E-state index contributed by atoms with van der Waals surface area (Å²) in [6.07, 6.45) is -4.54. The number of rotatable bonds is 5. The predicted molar refractivity (Wildman–Crippen MR) is 70.5 cm³/mol. The molecule has 0 saturated heterocycles. The number of amides is 1. The molecular formula is C12H12ClF3N2O3. The van der Waals surface area contributed by atoms with Gasteiger partial charge in [0.2, 0.25) is 0 Å². The first-order valence-corrected chi connectivity index (χ1v) is 6.36. The standard InChI is InChI=1S/C12H12ClF3N2O3/c1-8-6-9(2-3-10(8)18(20)21)11(19)17(5-4-13)7-12(14,15)16/h2-3,6H,4-5,7H2,1H3. The highest BCUT2D eigenvalue weighted by Crippen LogP contribution is 2.22. The second-order valence-electron chi connectivity index (χ2n) is 4.29. The first-order valence-electron chi connectivity index (χ1n) is 5.82. The fraction of sp³-hybridized carbons (Fsp3) is 0.417. The van der Waals surface area contributed by atoms with Crippen LogP contribution in [-0.2, 0) is 0 Å². The SMILES string of the molecule is Cc1cc(C(=O)N(CCCl)CC(F)(F)F)ccc1[N+](=O)[O-]. The predicted octanol–water partition coefficient (Wildman–Crippen LogP) is 3.15. The van der Waals surface area contributed by atoms with Crippen molar-refractivity contribution in [1.82, 2.24) is 4.90 Å². The molecule has 0 aliphatic heterocycles. The van der Waals surface area contributed by atoms with Gasteiger partial charge in [-0.3, -0.25) is 14.9 Å². The molecule has 0 radical (unpaired) electrons. The van der Waals surface area contributed by atoms with Crippen LogP contribution in [0.3, 0.4) is 0 Å². The molecule has 0 aliphatic carbocycles. The van der Waals surface area contributed by atoms with Gasteiger partial charge in [-0.05, 0) is 19.1 Å². The monoisotopic (exact) mass is 324 g/mol. The molecule has 1 rings (SSSR count). The first-order chi connectivity index (χ1) is 9.65. The smallest absolute Gasteiger partial charge is 0.328 e. The molecule has 0 aromatic heterocycles. The van der Waals surface area contributed by atoms with Crippen LogP contribution in [0, 0.1) is 17.0 Å². The molecular weight excluding hydrogens is 313 g/mol. The van der Waals surface area contributed by atoms with E-state index in [9.17, 15) is 28.1 Å². The van der Waals surface area contributed by atoms with E-state index >= 15 is 0 Å². The number of alkyl halides is 4. The normalized spacial score (nSPS) is 11.3. The van der Waals surface area contributed by atoms with Crippen LogP contribution in [0.2, 0.25) is 0 Å². The van der Waals surface area contributed by atoms with E-state index in [0.717, 1.165) is 12.1 Å². The number of carbonyl (C=O) groups is 1. The zero-order chi connectivity index (χ0) is 16.2. The van der Waals surface area contributed by atoms with Crippen LogP contribution in [0.1, 0.15) is 15.9 Å². The van der Waals surface area contributed by atoms with Gasteiger partial charge in [0.15, 0.2) is 0 Å². The van der Waals surface area contributed by atoms with Crippen molar-refractivity contribution >= 4 is 23.2 Å². The fourth-order valence-corrected chi connectivity index (χ4v) is 1.95. The van der Waals surface area contributed by atoms with E-state index in [2.05, 4.69) is 0 Å². The second-order valence-corrected chi connectivity index (χ2v) is 4.67. The molecule has 0 aliphatic rings. The molecule has 9 heteroatoms. The summed E-state index contributed by atoms with van der Waals surface area (Å²) < 4.78 is 37.3. The summed E-state index contributed by atoms with van der Waals surface area (Å²) in [7, 11) is 0. The van der Waals surface area contributed by atoms with Gasteiger partial charge < -0.3 is 4.90 Å². The van der Waals surface area contributed by atoms with Crippen molar-refractivity contribution in [1.29, 1.82) is 0 Å². The summed E-state index contributed by atoms with van der Waals surface area (Å²) in [4.78, 5) is 22.6. The Morgan fingerprint density at radius 3 is 2.48 bits per heavy atom. The van der Waals surface area contributed by atoms with Gasteiger partial charge >= 0.3 is 6.18 Å². The molecule has 0 heterocycles. The summed E-state index contributed by atoms with van der Waals surface area (Å²) in [5, 5.41) is 10.7. The maximum Gasteiger partial charge on any atom is 0.406 e. The number of benzene rings is 1. The molecule has 0 spiro atoms. The maximum absolute atomic E-state index is 12.4. The number of hydrogen-bond acceptors (Lipinski definition) is 3. The quantitative estimate of drug-likeness (QED) is 0.475. The lowest BCUT2D eigenvalue weighted by Gasteiger charge is -2.23. The number of nitro benzene ring substituents is 1. The minimum absolute atomic E-state index is 0.0486. The molecule has 1 amide bonds. The van der Waals surface area contributed by atoms with E-state index in [1.54, 1.807) is 0 Å². The number of carbonyl (C=O) groups excluding carboxylic acids is 1. The number of halogens is 4. The van der Waals surface area contributed by atoms with Crippen LogP contribution in [0.15, 0.2) is 18.2 Å². The van der Waals surface area contributed by atoms with Gasteiger partial charge in [0.1, 0.15) is 6.54 Å². The molecule has 0 saturated carbocycles. The summed E-state index contributed by atoms with van der Waals surface area (Å²) in [5.74, 6) is -1.01. The van der Waals surface area contributed by atoms with Crippen LogP contribution >= 0.6 is 11.6 Å². The van der Waals surface area contributed by atoms with Crippen molar-refractivity contribution in [2.75, 3.05) is 19.0 Å². The van der Waals surface area contributed by atoms with E-state index < -0.39 is 23.6 Å². The molecule has 0 atom stereocenters. The van der Waals surface area contributed by atoms with E-state index in [4.69, 9.17) is 11.6 Å². The van der Waals surface area contributed by atoms with Gasteiger partial charge in [0, 0.05) is 29.6 Å². The number of nitrogens with zero attached hydrogens (tertiary/aromatic N) is 2. The van der Waals surface area contributed by atoms with Crippen molar-refractivity contribution in [2.45, 2.75) is 13.1 Å². The fourth-order valence-electron chi connectivity index (χ4n) is 1.75. The van der Waals surface area contributed by atoms with Crippen molar-refractivity contribution < 1.29 is 22.9 Å². The minimum Gasteiger partial charge on any atom is -0.328 e. The molecule has 0 N–H and O–H groups in total. The first kappa shape index (κ1) is 17.2. The highest BCUT2D eigenvalue weighted by molar-refractivity contribution is 6.18. The number of aryl methyl sites for hydroxylation is 1. The van der Waals surface area contributed by atoms with Crippen LogP contribution in [0.25, 0.3) is 0 Å². The number of nitro groups is 1. The third kappa shape index (κ3) is 4.89. The third-order valence-electron chi connectivity index (χ3n) is 2.65. The summed E-state index contributed by atoms with van der Waals surface area (Å²) in [5.41, 5.74) is -0.0533. The van der Waals surface area contributed by atoms with Crippen molar-refractivity contribution in [3.8, 4) is 0 Å². The third-order valence-corrected chi connectivity index (χ3v) is 2.82. The molecule has 1 aromatic rings. The Kier molecular flexibility index (Phi) is 5.54. The molecule has 0 bridgehead atoms. The van der Waals surface area contributed by atoms with Crippen molar-refractivity contribution in [3.63, 3.8) is 0 Å². The Morgan fingerprint density at radius 1 is 1.43 bits per heavy atom.